The predicted octanol–water partition coefficient (Wildman–Crippen LogP) is 4.09. The molecule has 0 aliphatic carbocycles. The number of nitro benzene ring substituents is 1. The minimum absolute atomic E-state index is 0.175. The zero-order valence-electron chi connectivity index (χ0n) is 16.4. The molecule has 0 heterocycles. The highest BCUT2D eigenvalue weighted by molar-refractivity contribution is 6.00. The van der Waals surface area contributed by atoms with Crippen LogP contribution in [0.2, 0.25) is 0 Å². The number of esters is 2. The van der Waals surface area contributed by atoms with Gasteiger partial charge in [0.05, 0.1) is 23.2 Å². The van der Waals surface area contributed by atoms with Gasteiger partial charge in [-0.2, -0.15) is 0 Å². The maximum absolute atomic E-state index is 12.4. The topological polar surface area (TPSA) is 113 Å². The molecule has 0 N–H and O–H groups in total. The van der Waals surface area contributed by atoms with Gasteiger partial charge in [-0.25, -0.2) is 9.59 Å². The molecule has 0 unspecified atom stereocenters. The zero-order valence-corrected chi connectivity index (χ0v) is 16.4. The van der Waals surface area contributed by atoms with Crippen LogP contribution in [0.3, 0.4) is 0 Å². The molecule has 3 aromatic carbocycles. The number of carbonyl (C=O) groups excluding carboxylic acids is 3. The van der Waals surface area contributed by atoms with Crippen molar-refractivity contribution in [1.29, 1.82) is 0 Å². The van der Waals surface area contributed by atoms with Gasteiger partial charge in [-0.15, -0.1) is 0 Å². The third kappa shape index (κ3) is 5.18. The fraction of sp³-hybridized carbons (Fsp3) is 0.0870. The number of ether oxygens (including phenoxy) is 2. The molecule has 8 heteroatoms. The number of ketones is 1. The van der Waals surface area contributed by atoms with Crippen molar-refractivity contribution in [2.45, 2.75) is 0 Å². The Labute approximate surface area is 177 Å². The lowest BCUT2D eigenvalue weighted by Gasteiger charge is -2.07. The van der Waals surface area contributed by atoms with E-state index in [0.29, 0.717) is 5.56 Å². The molecular formula is C23H17NO7. The number of carbonyl (C=O) groups is 3. The molecule has 0 saturated heterocycles. The number of Topliss-reactive ketones (excluding diaryl/α,β-unsaturated/α-hetero) is 1. The first-order chi connectivity index (χ1) is 14.9. The number of benzene rings is 3. The third-order valence-electron chi connectivity index (χ3n) is 4.43. The number of nitrogens with zero attached hydrogens (tertiary/aromatic N) is 1. The first-order valence-corrected chi connectivity index (χ1v) is 9.12. The lowest BCUT2D eigenvalue weighted by Crippen LogP contribution is -2.15. The number of nitro groups is 1. The first-order valence-electron chi connectivity index (χ1n) is 9.12. The van der Waals surface area contributed by atoms with Crippen molar-refractivity contribution in [2.24, 2.45) is 0 Å². The number of hydrogen-bond acceptors (Lipinski definition) is 7. The van der Waals surface area contributed by atoms with E-state index in [-0.39, 0.29) is 11.1 Å². The van der Waals surface area contributed by atoms with E-state index in [9.17, 15) is 24.5 Å². The lowest BCUT2D eigenvalue weighted by atomic mass is 10.0. The standard InChI is InChI=1S/C23H17NO7/c1-30-22(26)18-11-19(13-20(12-18)24(28)29)23(27)31-14-21(25)17-9-7-16(8-10-17)15-5-3-2-4-6-15/h2-13H,14H2,1H3. The Bertz CT molecular complexity index is 1140. The maximum Gasteiger partial charge on any atom is 0.338 e. The van der Waals surface area contributed by atoms with E-state index < -0.39 is 34.9 Å². The summed E-state index contributed by atoms with van der Waals surface area (Å²) < 4.78 is 9.53. The van der Waals surface area contributed by atoms with Gasteiger partial charge in [0.2, 0.25) is 0 Å². The van der Waals surface area contributed by atoms with Gasteiger partial charge in [0.1, 0.15) is 0 Å². The molecule has 0 atom stereocenters. The molecule has 3 rings (SSSR count). The van der Waals surface area contributed by atoms with Gasteiger partial charge < -0.3 is 9.47 Å². The van der Waals surface area contributed by atoms with Crippen LogP contribution in [0.25, 0.3) is 11.1 Å². The second-order valence-corrected chi connectivity index (χ2v) is 6.46. The summed E-state index contributed by atoms with van der Waals surface area (Å²) in [5.74, 6) is -2.25. The fourth-order valence-electron chi connectivity index (χ4n) is 2.85. The summed E-state index contributed by atoms with van der Waals surface area (Å²) in [6, 6.07) is 19.5. The van der Waals surface area contributed by atoms with Gasteiger partial charge in [0.25, 0.3) is 5.69 Å². The maximum atomic E-state index is 12.4. The minimum Gasteiger partial charge on any atom is -0.465 e. The number of non-ortho nitro benzene ring substituents is 1. The zero-order chi connectivity index (χ0) is 22.4. The van der Waals surface area contributed by atoms with Gasteiger partial charge in [-0.1, -0.05) is 54.6 Å². The number of methoxy groups -OCH3 is 1. The second-order valence-electron chi connectivity index (χ2n) is 6.46. The molecule has 8 nitrogen and oxygen atoms in total. The van der Waals surface area contributed by atoms with Crippen LogP contribution in [-0.4, -0.2) is 36.4 Å². The van der Waals surface area contributed by atoms with E-state index in [2.05, 4.69) is 4.74 Å². The molecule has 0 amide bonds. The van der Waals surface area contributed by atoms with Crippen molar-refractivity contribution in [2.75, 3.05) is 13.7 Å². The van der Waals surface area contributed by atoms with E-state index in [1.165, 1.54) is 0 Å². The van der Waals surface area contributed by atoms with E-state index in [0.717, 1.165) is 36.4 Å². The van der Waals surface area contributed by atoms with Crippen LogP contribution in [0.15, 0.2) is 72.8 Å². The Morgan fingerprint density at radius 3 is 1.97 bits per heavy atom. The van der Waals surface area contributed by atoms with Crippen molar-refractivity contribution in [3.8, 4) is 11.1 Å². The van der Waals surface area contributed by atoms with E-state index in [4.69, 9.17) is 4.74 Å². The Balaban J connectivity index is 1.70. The fourth-order valence-corrected chi connectivity index (χ4v) is 2.85. The molecule has 0 spiro atoms. The van der Waals surface area contributed by atoms with E-state index in [1.54, 1.807) is 24.3 Å². The molecule has 0 saturated carbocycles. The number of hydrogen-bond donors (Lipinski definition) is 0. The average Bonchev–Trinajstić information content (AvgIpc) is 2.82. The summed E-state index contributed by atoms with van der Waals surface area (Å²) in [4.78, 5) is 46.7. The Kier molecular flexibility index (Phi) is 6.51. The smallest absolute Gasteiger partial charge is 0.338 e. The summed E-state index contributed by atoms with van der Waals surface area (Å²) in [7, 11) is 1.11. The van der Waals surface area contributed by atoms with Crippen LogP contribution in [0, 0.1) is 10.1 Å². The summed E-state index contributed by atoms with van der Waals surface area (Å²) in [5.41, 5.74) is 1.40. The summed E-state index contributed by atoms with van der Waals surface area (Å²) in [6.07, 6.45) is 0. The van der Waals surface area contributed by atoms with Gasteiger partial charge >= 0.3 is 11.9 Å². The van der Waals surface area contributed by atoms with E-state index >= 15 is 0 Å². The Hall–Kier alpha value is -4.33. The summed E-state index contributed by atoms with van der Waals surface area (Å²) in [6.45, 7) is -0.556. The highest BCUT2D eigenvalue weighted by atomic mass is 16.6. The Morgan fingerprint density at radius 2 is 1.39 bits per heavy atom. The highest BCUT2D eigenvalue weighted by Gasteiger charge is 2.20. The van der Waals surface area contributed by atoms with Gasteiger partial charge in [0.15, 0.2) is 12.4 Å². The quantitative estimate of drug-likeness (QED) is 0.245. The molecule has 0 radical (unpaired) electrons. The van der Waals surface area contributed by atoms with Crippen LogP contribution in [0.4, 0.5) is 5.69 Å². The van der Waals surface area contributed by atoms with Crippen molar-refractivity contribution in [1.82, 2.24) is 0 Å². The SMILES string of the molecule is COC(=O)c1cc(C(=O)OCC(=O)c2ccc(-c3ccccc3)cc2)cc([N+](=O)[O-])c1. The van der Waals surface area contributed by atoms with Crippen LogP contribution in [0.1, 0.15) is 31.1 Å². The monoisotopic (exact) mass is 419 g/mol. The third-order valence-corrected chi connectivity index (χ3v) is 4.43. The van der Waals surface area contributed by atoms with Crippen LogP contribution in [0.5, 0.6) is 0 Å². The largest absolute Gasteiger partial charge is 0.465 e. The molecule has 0 aromatic heterocycles. The molecule has 156 valence electrons. The molecule has 0 bridgehead atoms. The van der Waals surface area contributed by atoms with Crippen molar-refractivity contribution in [3.05, 3.63) is 99.6 Å². The first kappa shape index (κ1) is 21.4. The van der Waals surface area contributed by atoms with Crippen LogP contribution < -0.4 is 0 Å². The molecule has 0 fully saturated rings. The predicted molar refractivity (Wildman–Crippen MR) is 111 cm³/mol. The van der Waals surface area contributed by atoms with Gasteiger partial charge in [-0.3, -0.25) is 14.9 Å². The summed E-state index contributed by atoms with van der Waals surface area (Å²) >= 11 is 0. The molecular weight excluding hydrogens is 402 g/mol. The highest BCUT2D eigenvalue weighted by Crippen LogP contribution is 2.21. The molecule has 0 aliphatic heterocycles. The summed E-state index contributed by atoms with van der Waals surface area (Å²) in [5, 5.41) is 11.1. The van der Waals surface area contributed by atoms with Gasteiger partial charge in [-0.05, 0) is 17.2 Å². The number of rotatable bonds is 7. The minimum atomic E-state index is -0.969. The van der Waals surface area contributed by atoms with Crippen molar-refractivity contribution < 1.29 is 28.8 Å². The Morgan fingerprint density at radius 1 is 0.806 bits per heavy atom. The molecule has 0 aliphatic rings. The molecule has 31 heavy (non-hydrogen) atoms. The van der Waals surface area contributed by atoms with Gasteiger partial charge in [0, 0.05) is 17.7 Å². The van der Waals surface area contributed by atoms with Crippen LogP contribution >= 0.6 is 0 Å². The van der Waals surface area contributed by atoms with Crippen molar-refractivity contribution in [3.63, 3.8) is 0 Å². The van der Waals surface area contributed by atoms with E-state index in [1.807, 2.05) is 30.3 Å². The van der Waals surface area contributed by atoms with Crippen LogP contribution in [-0.2, 0) is 9.47 Å². The second kappa shape index (κ2) is 9.45. The van der Waals surface area contributed by atoms with Crippen molar-refractivity contribution >= 4 is 23.4 Å². The normalized spacial score (nSPS) is 10.2. The molecule has 3 aromatic rings. The lowest BCUT2D eigenvalue weighted by molar-refractivity contribution is -0.384. The average molecular weight is 419 g/mol.